The molecule has 0 atom stereocenters. The first-order valence-electron chi connectivity index (χ1n) is 9.30. The average Bonchev–Trinajstić information content (AvgIpc) is 2.79. The molecule has 31 heavy (non-hydrogen) atoms. The number of halogens is 1. The third kappa shape index (κ3) is 6.68. The second-order valence-electron chi connectivity index (χ2n) is 6.32. The van der Waals surface area contributed by atoms with Crippen molar-refractivity contribution in [3.05, 3.63) is 88.4 Å². The lowest BCUT2D eigenvalue weighted by Crippen LogP contribution is -2.20. The van der Waals surface area contributed by atoms with E-state index in [9.17, 15) is 9.59 Å². The van der Waals surface area contributed by atoms with Crippen molar-refractivity contribution in [3.63, 3.8) is 0 Å². The number of carbonyl (C=O) groups excluding carboxylic acids is 2. The summed E-state index contributed by atoms with van der Waals surface area (Å²) >= 11 is 3.40. The molecule has 2 N–H and O–H groups in total. The predicted molar refractivity (Wildman–Crippen MR) is 123 cm³/mol. The van der Waals surface area contributed by atoms with Crippen LogP contribution >= 0.6 is 15.9 Å². The van der Waals surface area contributed by atoms with Crippen molar-refractivity contribution in [2.24, 2.45) is 5.10 Å². The Morgan fingerprint density at radius 1 is 1.03 bits per heavy atom. The van der Waals surface area contributed by atoms with E-state index in [4.69, 9.17) is 9.47 Å². The molecule has 7 nitrogen and oxygen atoms in total. The Bertz CT molecular complexity index is 1090. The van der Waals surface area contributed by atoms with Crippen LogP contribution in [0.3, 0.4) is 0 Å². The van der Waals surface area contributed by atoms with Crippen molar-refractivity contribution in [1.29, 1.82) is 0 Å². The molecule has 0 heterocycles. The zero-order chi connectivity index (χ0) is 22.1. The molecule has 0 fully saturated rings. The van der Waals surface area contributed by atoms with Crippen LogP contribution in [0.2, 0.25) is 0 Å². The Hall–Kier alpha value is -3.65. The van der Waals surface area contributed by atoms with Gasteiger partial charge in [0.25, 0.3) is 11.8 Å². The van der Waals surface area contributed by atoms with Gasteiger partial charge in [-0.15, -0.1) is 0 Å². The summed E-state index contributed by atoms with van der Waals surface area (Å²) in [5, 5.41) is 6.76. The number of hydrogen-bond donors (Lipinski definition) is 2. The van der Waals surface area contributed by atoms with Crippen LogP contribution in [-0.2, 0) is 4.79 Å². The SMILES string of the molecule is COc1cccc(C(=O)N/N=C/c2cc(Br)ccc2OCC(=O)Nc2ccccc2)c1. The van der Waals surface area contributed by atoms with E-state index in [0.29, 0.717) is 28.3 Å². The number of carbonyl (C=O) groups is 2. The highest BCUT2D eigenvalue weighted by molar-refractivity contribution is 9.10. The minimum atomic E-state index is -0.380. The molecule has 0 radical (unpaired) electrons. The van der Waals surface area contributed by atoms with E-state index in [1.54, 1.807) is 54.6 Å². The molecular formula is C23H20BrN3O4. The van der Waals surface area contributed by atoms with Gasteiger partial charge in [-0.05, 0) is 48.5 Å². The minimum Gasteiger partial charge on any atom is -0.497 e. The summed E-state index contributed by atoms with van der Waals surface area (Å²) in [5.41, 5.74) is 4.16. The fourth-order valence-electron chi connectivity index (χ4n) is 2.60. The highest BCUT2D eigenvalue weighted by Gasteiger charge is 2.08. The minimum absolute atomic E-state index is 0.173. The zero-order valence-electron chi connectivity index (χ0n) is 16.7. The number of nitrogens with one attached hydrogen (secondary N) is 2. The Morgan fingerprint density at radius 3 is 2.61 bits per heavy atom. The van der Waals surface area contributed by atoms with Crippen molar-refractivity contribution in [2.45, 2.75) is 0 Å². The van der Waals surface area contributed by atoms with Crippen LogP contribution < -0.4 is 20.2 Å². The Balaban J connectivity index is 1.62. The largest absolute Gasteiger partial charge is 0.497 e. The molecule has 0 saturated heterocycles. The molecule has 0 saturated carbocycles. The van der Waals surface area contributed by atoms with Crippen LogP contribution in [0.15, 0.2) is 82.4 Å². The smallest absolute Gasteiger partial charge is 0.271 e. The average molecular weight is 482 g/mol. The van der Waals surface area contributed by atoms with Gasteiger partial charge >= 0.3 is 0 Å². The van der Waals surface area contributed by atoms with Gasteiger partial charge in [0, 0.05) is 21.3 Å². The van der Waals surface area contributed by atoms with Crippen LogP contribution in [0.1, 0.15) is 15.9 Å². The Kier molecular flexibility index (Phi) is 7.78. The quantitative estimate of drug-likeness (QED) is 0.372. The molecule has 0 aromatic heterocycles. The fraction of sp³-hybridized carbons (Fsp3) is 0.0870. The molecular weight excluding hydrogens is 462 g/mol. The molecule has 3 aromatic rings. The van der Waals surface area contributed by atoms with Gasteiger partial charge in [0.05, 0.1) is 13.3 Å². The van der Waals surface area contributed by atoms with Gasteiger partial charge in [0.15, 0.2) is 6.61 Å². The van der Waals surface area contributed by atoms with Gasteiger partial charge in [0.2, 0.25) is 0 Å². The second kappa shape index (κ2) is 10.9. The molecule has 0 unspecified atom stereocenters. The molecule has 158 valence electrons. The first-order chi connectivity index (χ1) is 15.0. The van der Waals surface area contributed by atoms with E-state index in [0.717, 1.165) is 4.47 Å². The number of nitrogens with zero attached hydrogens (tertiary/aromatic N) is 1. The number of ether oxygens (including phenoxy) is 2. The van der Waals surface area contributed by atoms with Crippen molar-refractivity contribution in [2.75, 3.05) is 19.0 Å². The van der Waals surface area contributed by atoms with Crippen LogP contribution in [0.25, 0.3) is 0 Å². The molecule has 0 aliphatic rings. The summed E-state index contributed by atoms with van der Waals surface area (Å²) in [4.78, 5) is 24.4. The van der Waals surface area contributed by atoms with Crippen LogP contribution in [-0.4, -0.2) is 31.7 Å². The molecule has 0 aliphatic heterocycles. The molecule has 2 amide bonds. The van der Waals surface area contributed by atoms with Crippen molar-refractivity contribution < 1.29 is 19.1 Å². The highest BCUT2D eigenvalue weighted by atomic mass is 79.9. The summed E-state index contributed by atoms with van der Waals surface area (Å²) in [5.74, 6) is 0.358. The van der Waals surface area contributed by atoms with E-state index >= 15 is 0 Å². The highest BCUT2D eigenvalue weighted by Crippen LogP contribution is 2.22. The maximum absolute atomic E-state index is 12.3. The number of hydrogen-bond acceptors (Lipinski definition) is 5. The normalized spacial score (nSPS) is 10.5. The van der Waals surface area contributed by atoms with Crippen molar-refractivity contribution in [1.82, 2.24) is 5.43 Å². The lowest BCUT2D eigenvalue weighted by molar-refractivity contribution is -0.118. The monoisotopic (exact) mass is 481 g/mol. The van der Waals surface area contributed by atoms with Gasteiger partial charge in [-0.25, -0.2) is 5.43 Å². The number of benzene rings is 3. The molecule has 3 aromatic carbocycles. The number of anilines is 1. The van der Waals surface area contributed by atoms with Gasteiger partial charge in [0.1, 0.15) is 11.5 Å². The van der Waals surface area contributed by atoms with Gasteiger partial charge in [-0.1, -0.05) is 40.2 Å². The van der Waals surface area contributed by atoms with Crippen LogP contribution in [0, 0.1) is 0 Å². The Labute approximate surface area is 188 Å². The van der Waals surface area contributed by atoms with Gasteiger partial charge in [-0.3, -0.25) is 9.59 Å². The van der Waals surface area contributed by atoms with E-state index < -0.39 is 0 Å². The number of para-hydroxylation sites is 1. The fourth-order valence-corrected chi connectivity index (χ4v) is 2.98. The predicted octanol–water partition coefficient (Wildman–Crippen LogP) is 4.24. The van der Waals surface area contributed by atoms with E-state index in [1.165, 1.54) is 13.3 Å². The molecule has 0 spiro atoms. The number of methoxy groups -OCH3 is 1. The van der Waals surface area contributed by atoms with Crippen LogP contribution in [0.5, 0.6) is 11.5 Å². The second-order valence-corrected chi connectivity index (χ2v) is 7.23. The molecule has 8 heteroatoms. The molecule has 0 aliphatic carbocycles. The number of hydrazone groups is 1. The third-order valence-electron chi connectivity index (χ3n) is 4.09. The topological polar surface area (TPSA) is 89.0 Å². The number of amides is 2. The maximum atomic E-state index is 12.3. The Morgan fingerprint density at radius 2 is 1.84 bits per heavy atom. The summed E-state index contributed by atoms with van der Waals surface area (Å²) < 4.78 is 11.6. The van der Waals surface area contributed by atoms with Gasteiger partial charge in [-0.2, -0.15) is 5.10 Å². The van der Waals surface area contributed by atoms with Crippen molar-refractivity contribution >= 4 is 39.6 Å². The van der Waals surface area contributed by atoms with E-state index in [1.807, 2.05) is 18.2 Å². The first-order valence-corrected chi connectivity index (χ1v) is 10.1. The number of rotatable bonds is 8. The van der Waals surface area contributed by atoms with Gasteiger partial charge < -0.3 is 14.8 Å². The summed E-state index contributed by atoms with van der Waals surface area (Å²) in [6.45, 7) is -0.173. The van der Waals surface area contributed by atoms with Crippen molar-refractivity contribution in [3.8, 4) is 11.5 Å². The zero-order valence-corrected chi connectivity index (χ0v) is 18.3. The maximum Gasteiger partial charge on any atom is 0.271 e. The lowest BCUT2D eigenvalue weighted by atomic mass is 10.2. The molecule has 0 bridgehead atoms. The summed E-state index contributed by atoms with van der Waals surface area (Å²) in [6.07, 6.45) is 1.45. The van der Waals surface area contributed by atoms with E-state index in [2.05, 4.69) is 31.8 Å². The summed E-state index contributed by atoms with van der Waals surface area (Å²) in [6, 6.07) is 21.1. The van der Waals surface area contributed by atoms with E-state index in [-0.39, 0.29) is 18.4 Å². The lowest BCUT2D eigenvalue weighted by Gasteiger charge is -2.10. The standard InChI is InChI=1S/C23H20BrN3O4/c1-30-20-9-5-6-16(13-20)23(29)27-25-14-17-12-18(24)10-11-21(17)31-15-22(28)26-19-7-3-2-4-8-19/h2-14H,15H2,1H3,(H,26,28)(H,27,29)/b25-14+. The third-order valence-corrected chi connectivity index (χ3v) is 4.58. The first kappa shape index (κ1) is 22.0. The summed E-state index contributed by atoms with van der Waals surface area (Å²) in [7, 11) is 1.53. The molecule has 3 rings (SSSR count). The van der Waals surface area contributed by atoms with Crippen LogP contribution in [0.4, 0.5) is 5.69 Å².